The van der Waals surface area contributed by atoms with Gasteiger partial charge in [-0.05, 0) is 53.9 Å². The van der Waals surface area contributed by atoms with E-state index in [-0.39, 0.29) is 0 Å². The summed E-state index contributed by atoms with van der Waals surface area (Å²) in [6.45, 7) is 0. The minimum absolute atomic E-state index is 0.628. The molecular formula is C47H29N5. The highest BCUT2D eigenvalue weighted by molar-refractivity contribution is 6.23. The molecule has 0 spiro atoms. The summed E-state index contributed by atoms with van der Waals surface area (Å²) in [4.78, 5) is 15.4. The SMILES string of the molecule is c1ccc(-c2cc(-c3ccccc3)nc(-n3c4ccc(-c5ccccn5)cc4c4ccc5c(cc6c7ccccc7c7ccccc7n65)c43)n2)cc1. The summed E-state index contributed by atoms with van der Waals surface area (Å²) < 4.78 is 4.70. The average molecular weight is 664 g/mol. The molecule has 5 heteroatoms. The van der Waals surface area contributed by atoms with Crippen LogP contribution >= 0.6 is 0 Å². The molecule has 5 aromatic heterocycles. The van der Waals surface area contributed by atoms with Crippen LogP contribution in [0.25, 0.3) is 99.6 Å². The van der Waals surface area contributed by atoms with Crippen LogP contribution in [0.5, 0.6) is 0 Å². The van der Waals surface area contributed by atoms with Gasteiger partial charge in [0.05, 0.1) is 44.7 Å². The van der Waals surface area contributed by atoms with E-state index >= 15 is 0 Å². The number of aromatic nitrogens is 5. The molecule has 0 bridgehead atoms. The van der Waals surface area contributed by atoms with Crippen molar-refractivity contribution in [1.29, 1.82) is 0 Å². The van der Waals surface area contributed by atoms with E-state index in [1.807, 2.05) is 30.5 Å². The van der Waals surface area contributed by atoms with E-state index in [1.165, 1.54) is 27.2 Å². The molecular weight excluding hydrogens is 635 g/mol. The molecule has 0 saturated carbocycles. The molecule has 11 rings (SSSR count). The lowest BCUT2D eigenvalue weighted by Crippen LogP contribution is -2.04. The molecule has 0 fully saturated rings. The summed E-state index contributed by atoms with van der Waals surface area (Å²) in [5.41, 5.74) is 11.4. The molecule has 5 nitrogen and oxygen atoms in total. The van der Waals surface area contributed by atoms with Crippen molar-refractivity contribution in [3.63, 3.8) is 0 Å². The summed E-state index contributed by atoms with van der Waals surface area (Å²) in [5.74, 6) is 0.628. The van der Waals surface area contributed by atoms with Gasteiger partial charge in [-0.1, -0.05) is 121 Å². The van der Waals surface area contributed by atoms with E-state index in [2.05, 4.69) is 155 Å². The van der Waals surface area contributed by atoms with Crippen molar-refractivity contribution in [1.82, 2.24) is 23.9 Å². The third-order valence-electron chi connectivity index (χ3n) is 10.4. The second kappa shape index (κ2) is 11.2. The van der Waals surface area contributed by atoms with Crippen LogP contribution in [-0.4, -0.2) is 23.9 Å². The van der Waals surface area contributed by atoms with Crippen molar-refractivity contribution in [3.8, 4) is 39.7 Å². The predicted molar refractivity (Wildman–Crippen MR) is 214 cm³/mol. The Balaban J connectivity index is 1.31. The molecule has 0 aliphatic heterocycles. The molecule has 0 unspecified atom stereocenters. The molecule has 52 heavy (non-hydrogen) atoms. The van der Waals surface area contributed by atoms with Crippen LogP contribution in [0.2, 0.25) is 0 Å². The predicted octanol–water partition coefficient (Wildman–Crippen LogP) is 11.7. The lowest BCUT2D eigenvalue weighted by molar-refractivity contribution is 0.998. The standard InChI is InChI=1S/C47H29N5/c1-3-13-30(14-4-1)40-29-41(31-15-5-2-6-16-31)50-47(49-40)52-43-24-22-32(39-20-11-12-26-48-39)27-37(43)36-23-25-44-38(46(36)52)28-45-35-19-8-7-17-33(35)34-18-9-10-21-42(34)51(44)45/h1-29H. The van der Waals surface area contributed by atoms with Crippen LogP contribution in [0.15, 0.2) is 176 Å². The zero-order chi connectivity index (χ0) is 34.2. The topological polar surface area (TPSA) is 48.0 Å². The summed E-state index contributed by atoms with van der Waals surface area (Å²) in [6, 6.07) is 59.9. The van der Waals surface area contributed by atoms with Crippen molar-refractivity contribution < 1.29 is 0 Å². The number of fused-ring (bicyclic) bond motifs is 12. The molecule has 0 atom stereocenters. The van der Waals surface area contributed by atoms with Gasteiger partial charge in [0.2, 0.25) is 5.95 Å². The Bertz CT molecular complexity index is 3100. The maximum absolute atomic E-state index is 5.35. The van der Waals surface area contributed by atoms with Gasteiger partial charge in [0.25, 0.3) is 0 Å². The van der Waals surface area contributed by atoms with Gasteiger partial charge in [-0.3, -0.25) is 9.55 Å². The summed E-state index contributed by atoms with van der Waals surface area (Å²) in [6.07, 6.45) is 1.85. The third-order valence-corrected chi connectivity index (χ3v) is 10.4. The molecule has 242 valence electrons. The third kappa shape index (κ3) is 4.26. The van der Waals surface area contributed by atoms with Crippen molar-refractivity contribution in [2.24, 2.45) is 0 Å². The highest BCUT2D eigenvalue weighted by Gasteiger charge is 2.22. The van der Waals surface area contributed by atoms with Gasteiger partial charge in [0.15, 0.2) is 0 Å². The second-order valence-corrected chi connectivity index (χ2v) is 13.3. The van der Waals surface area contributed by atoms with Gasteiger partial charge in [-0.2, -0.15) is 0 Å². The average Bonchev–Trinajstić information content (AvgIpc) is 3.78. The molecule has 5 heterocycles. The van der Waals surface area contributed by atoms with Crippen LogP contribution in [0.3, 0.4) is 0 Å². The zero-order valence-electron chi connectivity index (χ0n) is 28.0. The number of hydrogen-bond donors (Lipinski definition) is 0. The van der Waals surface area contributed by atoms with E-state index < -0.39 is 0 Å². The van der Waals surface area contributed by atoms with Crippen LogP contribution in [-0.2, 0) is 0 Å². The van der Waals surface area contributed by atoms with E-state index in [1.54, 1.807) is 0 Å². The smallest absolute Gasteiger partial charge is 0.235 e. The Morgan fingerprint density at radius 2 is 0.962 bits per heavy atom. The molecule has 0 saturated heterocycles. The highest BCUT2D eigenvalue weighted by atomic mass is 15.2. The first kappa shape index (κ1) is 28.7. The molecule has 6 aromatic carbocycles. The zero-order valence-corrected chi connectivity index (χ0v) is 28.0. The van der Waals surface area contributed by atoms with Crippen LogP contribution in [0.1, 0.15) is 0 Å². The Kier molecular flexibility index (Phi) is 6.18. The van der Waals surface area contributed by atoms with E-state index in [9.17, 15) is 0 Å². The Morgan fingerprint density at radius 3 is 1.67 bits per heavy atom. The normalized spacial score (nSPS) is 11.8. The van der Waals surface area contributed by atoms with E-state index in [0.29, 0.717) is 5.95 Å². The fourth-order valence-corrected chi connectivity index (χ4v) is 8.04. The van der Waals surface area contributed by atoms with Crippen LogP contribution in [0.4, 0.5) is 0 Å². The molecule has 11 aromatic rings. The lowest BCUT2D eigenvalue weighted by atomic mass is 10.1. The number of nitrogens with zero attached hydrogens (tertiary/aromatic N) is 5. The maximum Gasteiger partial charge on any atom is 0.235 e. The monoisotopic (exact) mass is 663 g/mol. The summed E-state index contributed by atoms with van der Waals surface area (Å²) in [7, 11) is 0. The molecule has 0 radical (unpaired) electrons. The summed E-state index contributed by atoms with van der Waals surface area (Å²) in [5, 5.41) is 7.11. The van der Waals surface area contributed by atoms with Crippen molar-refractivity contribution in [3.05, 3.63) is 176 Å². The van der Waals surface area contributed by atoms with Crippen molar-refractivity contribution in [2.45, 2.75) is 0 Å². The number of pyridine rings is 2. The lowest BCUT2D eigenvalue weighted by Gasteiger charge is -2.12. The molecule has 0 aliphatic rings. The van der Waals surface area contributed by atoms with Gasteiger partial charge in [0, 0.05) is 49.8 Å². The fraction of sp³-hybridized carbons (Fsp3) is 0. The Hall–Kier alpha value is -7.11. The van der Waals surface area contributed by atoms with Gasteiger partial charge >= 0.3 is 0 Å². The number of para-hydroxylation sites is 1. The van der Waals surface area contributed by atoms with Gasteiger partial charge in [0.1, 0.15) is 0 Å². The van der Waals surface area contributed by atoms with Crippen LogP contribution < -0.4 is 0 Å². The first-order valence-electron chi connectivity index (χ1n) is 17.5. The van der Waals surface area contributed by atoms with Crippen LogP contribution in [0, 0.1) is 0 Å². The Morgan fingerprint density at radius 1 is 0.346 bits per heavy atom. The minimum Gasteiger partial charge on any atom is -0.309 e. The van der Waals surface area contributed by atoms with Gasteiger partial charge < -0.3 is 4.40 Å². The van der Waals surface area contributed by atoms with Gasteiger partial charge in [-0.15, -0.1) is 0 Å². The van der Waals surface area contributed by atoms with Crippen molar-refractivity contribution in [2.75, 3.05) is 0 Å². The minimum atomic E-state index is 0.628. The summed E-state index contributed by atoms with van der Waals surface area (Å²) >= 11 is 0. The number of benzene rings is 6. The fourth-order valence-electron chi connectivity index (χ4n) is 8.04. The maximum atomic E-state index is 5.35. The van der Waals surface area contributed by atoms with E-state index in [4.69, 9.17) is 15.0 Å². The van der Waals surface area contributed by atoms with Crippen molar-refractivity contribution >= 4 is 59.9 Å². The highest BCUT2D eigenvalue weighted by Crippen LogP contribution is 2.42. The van der Waals surface area contributed by atoms with E-state index in [0.717, 1.165) is 66.5 Å². The number of rotatable bonds is 4. The Labute approximate surface area is 298 Å². The number of hydrogen-bond acceptors (Lipinski definition) is 3. The second-order valence-electron chi connectivity index (χ2n) is 13.3. The largest absolute Gasteiger partial charge is 0.309 e. The van der Waals surface area contributed by atoms with Gasteiger partial charge in [-0.25, -0.2) is 9.97 Å². The first-order chi connectivity index (χ1) is 25.8. The molecule has 0 N–H and O–H groups in total. The molecule has 0 aliphatic carbocycles. The molecule has 0 amide bonds. The quantitative estimate of drug-likeness (QED) is 0.176. The first-order valence-corrected chi connectivity index (χ1v) is 17.5.